The fourth-order valence-corrected chi connectivity index (χ4v) is 4.73. The van der Waals surface area contributed by atoms with Crippen molar-refractivity contribution in [2.75, 3.05) is 19.6 Å². The van der Waals surface area contributed by atoms with E-state index in [4.69, 9.17) is 11.6 Å². The van der Waals surface area contributed by atoms with Crippen LogP contribution in [-0.4, -0.2) is 24.5 Å². The lowest BCUT2D eigenvalue weighted by molar-refractivity contribution is 0.125. The maximum Gasteiger partial charge on any atom is 0.0475 e. The maximum atomic E-state index is 6.79. The van der Waals surface area contributed by atoms with Crippen LogP contribution in [0.15, 0.2) is 18.2 Å². The number of likely N-dealkylation sites (tertiary alicyclic amines) is 1. The molecule has 0 aliphatic carbocycles. The van der Waals surface area contributed by atoms with Gasteiger partial charge in [0, 0.05) is 24.7 Å². The van der Waals surface area contributed by atoms with Crippen molar-refractivity contribution in [3.05, 3.63) is 34.3 Å². The van der Waals surface area contributed by atoms with Crippen LogP contribution in [0.1, 0.15) is 65.5 Å². The van der Waals surface area contributed by atoms with Crippen LogP contribution < -0.4 is 0 Å². The van der Waals surface area contributed by atoms with Gasteiger partial charge in [0.25, 0.3) is 0 Å². The van der Waals surface area contributed by atoms with E-state index in [9.17, 15) is 0 Å². The van der Waals surface area contributed by atoms with Gasteiger partial charge in [-0.05, 0) is 53.6 Å². The van der Waals surface area contributed by atoms with Crippen LogP contribution in [0.4, 0.5) is 0 Å². The Morgan fingerprint density at radius 2 is 1.83 bits per heavy atom. The largest absolute Gasteiger partial charge is 0.303 e. The molecule has 3 unspecified atom stereocenters. The molecule has 1 heterocycles. The van der Waals surface area contributed by atoms with Gasteiger partial charge in [-0.15, -0.1) is 0 Å². The van der Waals surface area contributed by atoms with E-state index in [1.54, 1.807) is 0 Å². The molecule has 24 heavy (non-hydrogen) atoms. The SMILES string of the molecule is CCC(C)(C)c1cccc(CC(C)CN2CC(C)CC(C)C2)c1Cl. The van der Waals surface area contributed by atoms with Gasteiger partial charge >= 0.3 is 0 Å². The summed E-state index contributed by atoms with van der Waals surface area (Å²) in [6.07, 6.45) is 3.56. The Morgan fingerprint density at radius 3 is 2.42 bits per heavy atom. The van der Waals surface area contributed by atoms with Gasteiger partial charge in [-0.3, -0.25) is 0 Å². The predicted octanol–water partition coefficient (Wildman–Crippen LogP) is 6.18. The molecule has 1 aliphatic heterocycles. The summed E-state index contributed by atoms with van der Waals surface area (Å²) >= 11 is 6.79. The van der Waals surface area contributed by atoms with E-state index in [0.717, 1.165) is 29.7 Å². The van der Waals surface area contributed by atoms with Gasteiger partial charge in [-0.25, -0.2) is 0 Å². The van der Waals surface area contributed by atoms with Crippen molar-refractivity contribution in [1.82, 2.24) is 4.90 Å². The lowest BCUT2D eigenvalue weighted by Crippen LogP contribution is -2.41. The first-order chi connectivity index (χ1) is 11.2. The van der Waals surface area contributed by atoms with E-state index < -0.39 is 0 Å². The van der Waals surface area contributed by atoms with Gasteiger partial charge in [-0.2, -0.15) is 0 Å². The number of halogens is 1. The normalized spacial score (nSPS) is 24.1. The topological polar surface area (TPSA) is 3.24 Å². The molecule has 136 valence electrons. The van der Waals surface area contributed by atoms with Crippen molar-refractivity contribution in [3.63, 3.8) is 0 Å². The molecule has 0 bridgehead atoms. The Kier molecular flexibility index (Phi) is 6.79. The van der Waals surface area contributed by atoms with E-state index in [1.807, 2.05) is 0 Å². The van der Waals surface area contributed by atoms with Gasteiger partial charge in [0.2, 0.25) is 0 Å². The Hall–Kier alpha value is -0.530. The summed E-state index contributed by atoms with van der Waals surface area (Å²) in [5.74, 6) is 2.30. The van der Waals surface area contributed by atoms with E-state index in [-0.39, 0.29) is 5.41 Å². The van der Waals surface area contributed by atoms with Crippen LogP contribution >= 0.6 is 11.6 Å². The molecule has 0 N–H and O–H groups in total. The minimum atomic E-state index is 0.147. The first-order valence-electron chi connectivity index (χ1n) is 9.73. The lowest BCUT2D eigenvalue weighted by atomic mass is 9.81. The second kappa shape index (κ2) is 8.23. The number of hydrogen-bond donors (Lipinski definition) is 0. The maximum absolute atomic E-state index is 6.79. The fourth-order valence-electron chi connectivity index (χ4n) is 4.27. The van der Waals surface area contributed by atoms with Crippen molar-refractivity contribution in [3.8, 4) is 0 Å². The van der Waals surface area contributed by atoms with Crippen LogP contribution in [-0.2, 0) is 11.8 Å². The molecule has 3 atom stereocenters. The molecule has 0 saturated carbocycles. The predicted molar refractivity (Wildman–Crippen MR) is 107 cm³/mol. The Balaban J connectivity index is 2.04. The fraction of sp³-hybridized carbons (Fsp3) is 0.727. The average molecular weight is 350 g/mol. The molecular weight excluding hydrogens is 314 g/mol. The van der Waals surface area contributed by atoms with E-state index >= 15 is 0 Å². The highest BCUT2D eigenvalue weighted by molar-refractivity contribution is 6.32. The molecule has 1 aromatic carbocycles. The number of rotatable bonds is 6. The van der Waals surface area contributed by atoms with Crippen LogP contribution in [0.25, 0.3) is 0 Å². The van der Waals surface area contributed by atoms with Crippen LogP contribution in [0.3, 0.4) is 0 Å². The quantitative estimate of drug-likeness (QED) is 0.592. The highest BCUT2D eigenvalue weighted by Crippen LogP contribution is 2.35. The Labute approximate surface area is 154 Å². The Bertz CT molecular complexity index is 527. The first kappa shape index (κ1) is 19.8. The van der Waals surface area contributed by atoms with E-state index in [2.05, 4.69) is 64.6 Å². The van der Waals surface area contributed by atoms with Gasteiger partial charge in [0.1, 0.15) is 0 Å². The third-order valence-electron chi connectivity index (χ3n) is 5.77. The molecule has 0 radical (unpaired) electrons. The molecule has 0 amide bonds. The van der Waals surface area contributed by atoms with Crippen molar-refractivity contribution >= 4 is 11.6 Å². The minimum Gasteiger partial charge on any atom is -0.303 e. The summed E-state index contributed by atoms with van der Waals surface area (Å²) in [6.45, 7) is 17.7. The van der Waals surface area contributed by atoms with Gasteiger partial charge < -0.3 is 4.90 Å². The smallest absolute Gasteiger partial charge is 0.0475 e. The van der Waals surface area contributed by atoms with Crippen LogP contribution in [0.2, 0.25) is 5.02 Å². The lowest BCUT2D eigenvalue weighted by Gasteiger charge is -2.36. The molecular formula is C22H36ClN. The van der Waals surface area contributed by atoms with Crippen molar-refractivity contribution in [2.45, 2.75) is 66.2 Å². The minimum absolute atomic E-state index is 0.147. The standard InChI is InChI=1S/C22H36ClN/c1-7-22(5,6)20-10-8-9-19(21(20)23)12-18(4)15-24-13-16(2)11-17(3)14-24/h8-10,16-18H,7,11-15H2,1-6H3. The summed E-state index contributed by atoms with van der Waals surface area (Å²) in [6, 6.07) is 6.61. The second-order valence-corrected chi connectivity index (χ2v) is 9.37. The van der Waals surface area contributed by atoms with E-state index in [0.29, 0.717) is 5.92 Å². The Morgan fingerprint density at radius 1 is 1.21 bits per heavy atom. The number of benzene rings is 1. The monoisotopic (exact) mass is 349 g/mol. The summed E-state index contributed by atoms with van der Waals surface area (Å²) in [5.41, 5.74) is 2.77. The summed E-state index contributed by atoms with van der Waals surface area (Å²) in [4.78, 5) is 2.66. The molecule has 1 aliphatic rings. The third-order valence-corrected chi connectivity index (χ3v) is 6.22. The molecule has 0 aromatic heterocycles. The van der Waals surface area contributed by atoms with Crippen molar-refractivity contribution in [2.24, 2.45) is 17.8 Å². The van der Waals surface area contributed by atoms with Crippen LogP contribution in [0, 0.1) is 17.8 Å². The van der Waals surface area contributed by atoms with E-state index in [1.165, 1.54) is 37.2 Å². The number of piperidine rings is 1. The summed E-state index contributed by atoms with van der Waals surface area (Å²) < 4.78 is 0. The average Bonchev–Trinajstić information content (AvgIpc) is 2.48. The third kappa shape index (κ3) is 4.99. The number of nitrogens with zero attached hydrogens (tertiary/aromatic N) is 1. The zero-order valence-electron chi connectivity index (χ0n) is 16.5. The van der Waals surface area contributed by atoms with Crippen molar-refractivity contribution in [1.29, 1.82) is 0 Å². The summed E-state index contributed by atoms with van der Waals surface area (Å²) in [5, 5.41) is 0.997. The second-order valence-electron chi connectivity index (χ2n) is 8.99. The molecule has 2 rings (SSSR count). The first-order valence-corrected chi connectivity index (χ1v) is 10.1. The highest BCUT2D eigenvalue weighted by atomic mass is 35.5. The molecule has 1 aromatic rings. The van der Waals surface area contributed by atoms with Crippen LogP contribution in [0.5, 0.6) is 0 Å². The zero-order chi connectivity index (χ0) is 17.9. The highest BCUT2D eigenvalue weighted by Gasteiger charge is 2.25. The molecule has 1 nitrogen and oxygen atoms in total. The van der Waals surface area contributed by atoms with Gasteiger partial charge in [0.05, 0.1) is 0 Å². The van der Waals surface area contributed by atoms with Gasteiger partial charge in [-0.1, -0.05) is 71.3 Å². The number of hydrogen-bond acceptors (Lipinski definition) is 1. The van der Waals surface area contributed by atoms with Gasteiger partial charge in [0.15, 0.2) is 0 Å². The van der Waals surface area contributed by atoms with Crippen molar-refractivity contribution < 1.29 is 0 Å². The zero-order valence-corrected chi connectivity index (χ0v) is 17.3. The molecule has 1 fully saturated rings. The molecule has 0 spiro atoms. The summed E-state index contributed by atoms with van der Waals surface area (Å²) in [7, 11) is 0. The molecule has 2 heteroatoms. The molecule has 1 saturated heterocycles.